The summed E-state index contributed by atoms with van der Waals surface area (Å²) in [5, 5.41) is 8.20. The highest BCUT2D eigenvalue weighted by atomic mass is 19.2. The van der Waals surface area contributed by atoms with E-state index in [4.69, 9.17) is 4.74 Å². The van der Waals surface area contributed by atoms with Crippen molar-refractivity contribution >= 4 is 5.65 Å². The van der Waals surface area contributed by atoms with Gasteiger partial charge in [-0.05, 0) is 43.2 Å². The number of ether oxygens (including phenoxy) is 1. The van der Waals surface area contributed by atoms with Crippen molar-refractivity contribution in [2.45, 2.75) is 12.8 Å². The lowest BCUT2D eigenvalue weighted by Crippen LogP contribution is -2.04. The van der Waals surface area contributed by atoms with Gasteiger partial charge >= 0.3 is 0 Å². The Balaban J connectivity index is 1.69. The van der Waals surface area contributed by atoms with Crippen molar-refractivity contribution < 1.29 is 13.5 Å². The Labute approximate surface area is 154 Å². The lowest BCUT2D eigenvalue weighted by molar-refractivity contribution is 0.397. The Morgan fingerprint density at radius 1 is 1.07 bits per heavy atom. The Hall–Kier alpha value is -3.35. The summed E-state index contributed by atoms with van der Waals surface area (Å²) in [6.45, 7) is 0. The molecule has 0 saturated heterocycles. The Morgan fingerprint density at radius 3 is 2.74 bits per heavy atom. The van der Waals surface area contributed by atoms with Crippen LogP contribution < -0.4 is 4.74 Å². The zero-order valence-corrected chi connectivity index (χ0v) is 14.6. The van der Waals surface area contributed by atoms with Crippen molar-refractivity contribution in [3.63, 3.8) is 0 Å². The normalized spacial score (nSPS) is 11.1. The largest absolute Gasteiger partial charge is 0.496 e. The van der Waals surface area contributed by atoms with E-state index in [1.54, 1.807) is 18.7 Å². The van der Waals surface area contributed by atoms with Crippen LogP contribution in [-0.2, 0) is 12.8 Å². The fourth-order valence-corrected chi connectivity index (χ4v) is 3.17. The van der Waals surface area contributed by atoms with E-state index in [9.17, 15) is 8.78 Å². The molecule has 136 valence electrons. The molecule has 0 radical (unpaired) electrons. The van der Waals surface area contributed by atoms with Gasteiger partial charge in [-0.2, -0.15) is 0 Å². The molecule has 3 aromatic heterocycles. The number of fused-ring (bicyclic) bond motifs is 1. The highest BCUT2D eigenvalue weighted by Crippen LogP contribution is 2.27. The lowest BCUT2D eigenvalue weighted by Gasteiger charge is -2.12. The van der Waals surface area contributed by atoms with Gasteiger partial charge in [-0.3, -0.25) is 9.38 Å². The summed E-state index contributed by atoms with van der Waals surface area (Å²) in [5.74, 6) is -1.42. The maximum Gasteiger partial charge on any atom is 0.168 e. The van der Waals surface area contributed by atoms with Gasteiger partial charge in [0.2, 0.25) is 0 Å². The lowest BCUT2D eigenvalue weighted by atomic mass is 10.0. The molecule has 0 spiro atoms. The minimum atomic E-state index is -0.882. The SMILES string of the molecule is COc1ccc(F)c(F)c1CCc1ccc(-c2cccnc2)c2nncn12. The summed E-state index contributed by atoms with van der Waals surface area (Å²) in [6.07, 6.45) is 5.84. The van der Waals surface area contributed by atoms with Crippen LogP contribution in [-0.4, -0.2) is 26.7 Å². The van der Waals surface area contributed by atoms with E-state index in [-0.39, 0.29) is 12.0 Å². The van der Waals surface area contributed by atoms with Gasteiger partial charge < -0.3 is 4.74 Å². The molecule has 0 unspecified atom stereocenters. The zero-order chi connectivity index (χ0) is 18.8. The number of aryl methyl sites for hydroxylation is 1. The van der Waals surface area contributed by atoms with Crippen LogP contribution in [0, 0.1) is 11.6 Å². The molecule has 1 aromatic carbocycles. The predicted molar refractivity (Wildman–Crippen MR) is 96.5 cm³/mol. The monoisotopic (exact) mass is 366 g/mol. The van der Waals surface area contributed by atoms with E-state index in [1.165, 1.54) is 13.2 Å². The van der Waals surface area contributed by atoms with Gasteiger partial charge in [0.1, 0.15) is 12.1 Å². The smallest absolute Gasteiger partial charge is 0.168 e. The molecule has 7 heteroatoms. The Morgan fingerprint density at radius 2 is 1.96 bits per heavy atom. The van der Waals surface area contributed by atoms with Crippen molar-refractivity contribution in [2.24, 2.45) is 0 Å². The summed E-state index contributed by atoms with van der Waals surface area (Å²) in [5.41, 5.74) is 3.62. The number of rotatable bonds is 5. The maximum atomic E-state index is 14.2. The van der Waals surface area contributed by atoms with Crippen LogP contribution in [0.4, 0.5) is 8.78 Å². The van der Waals surface area contributed by atoms with Crippen LogP contribution in [0.2, 0.25) is 0 Å². The van der Waals surface area contributed by atoms with Gasteiger partial charge in [0, 0.05) is 34.8 Å². The third kappa shape index (κ3) is 3.12. The average molecular weight is 366 g/mol. The number of halogens is 2. The summed E-state index contributed by atoms with van der Waals surface area (Å²) in [7, 11) is 1.44. The van der Waals surface area contributed by atoms with Crippen molar-refractivity contribution in [3.05, 3.63) is 78.0 Å². The minimum absolute atomic E-state index is 0.218. The highest BCUT2D eigenvalue weighted by Gasteiger charge is 2.16. The molecule has 27 heavy (non-hydrogen) atoms. The maximum absolute atomic E-state index is 14.2. The summed E-state index contributed by atoms with van der Waals surface area (Å²) in [6, 6.07) is 10.2. The quantitative estimate of drug-likeness (QED) is 0.538. The molecule has 0 saturated carbocycles. The Kier molecular flexibility index (Phi) is 4.50. The molecule has 0 aliphatic heterocycles. The van der Waals surface area contributed by atoms with E-state index in [2.05, 4.69) is 15.2 Å². The third-order valence-electron chi connectivity index (χ3n) is 4.52. The van der Waals surface area contributed by atoms with Crippen LogP contribution in [0.25, 0.3) is 16.8 Å². The summed E-state index contributed by atoms with van der Waals surface area (Å²) >= 11 is 0. The second-order valence-corrected chi connectivity index (χ2v) is 6.05. The van der Waals surface area contributed by atoms with Crippen molar-refractivity contribution in [1.82, 2.24) is 19.6 Å². The Bertz CT molecular complexity index is 1100. The van der Waals surface area contributed by atoms with Crippen LogP contribution >= 0.6 is 0 Å². The van der Waals surface area contributed by atoms with E-state index in [1.807, 2.05) is 28.7 Å². The fraction of sp³-hybridized carbons (Fsp3) is 0.150. The molecule has 0 atom stereocenters. The number of hydrogen-bond acceptors (Lipinski definition) is 4. The summed E-state index contributed by atoms with van der Waals surface area (Å²) in [4.78, 5) is 4.14. The van der Waals surface area contributed by atoms with Gasteiger partial charge in [-0.1, -0.05) is 6.07 Å². The molecule has 3 heterocycles. The van der Waals surface area contributed by atoms with E-state index < -0.39 is 11.6 Å². The number of benzene rings is 1. The van der Waals surface area contributed by atoms with Crippen LogP contribution in [0.3, 0.4) is 0 Å². The van der Waals surface area contributed by atoms with Gasteiger partial charge in [-0.15, -0.1) is 10.2 Å². The van der Waals surface area contributed by atoms with Crippen LogP contribution in [0.15, 0.2) is 55.1 Å². The topological polar surface area (TPSA) is 52.3 Å². The first-order valence-corrected chi connectivity index (χ1v) is 8.42. The first-order valence-electron chi connectivity index (χ1n) is 8.42. The van der Waals surface area contributed by atoms with E-state index in [0.29, 0.717) is 17.8 Å². The van der Waals surface area contributed by atoms with Gasteiger partial charge in [-0.25, -0.2) is 8.78 Å². The van der Waals surface area contributed by atoms with Crippen LogP contribution in [0.5, 0.6) is 5.75 Å². The van der Waals surface area contributed by atoms with Crippen LogP contribution in [0.1, 0.15) is 11.3 Å². The van der Waals surface area contributed by atoms with Gasteiger partial charge in [0.15, 0.2) is 17.3 Å². The molecule has 0 amide bonds. The number of methoxy groups -OCH3 is 1. The van der Waals surface area contributed by atoms with Gasteiger partial charge in [0.25, 0.3) is 0 Å². The molecule has 4 aromatic rings. The first kappa shape index (κ1) is 17.1. The number of pyridine rings is 2. The third-order valence-corrected chi connectivity index (χ3v) is 4.52. The van der Waals surface area contributed by atoms with E-state index in [0.717, 1.165) is 22.9 Å². The van der Waals surface area contributed by atoms with Crippen molar-refractivity contribution in [1.29, 1.82) is 0 Å². The molecule has 5 nitrogen and oxygen atoms in total. The molecule has 0 aliphatic rings. The second-order valence-electron chi connectivity index (χ2n) is 6.05. The molecule has 0 N–H and O–H groups in total. The predicted octanol–water partition coefficient (Wildman–Crippen LogP) is 3.86. The first-order chi connectivity index (χ1) is 13.2. The zero-order valence-electron chi connectivity index (χ0n) is 14.6. The number of hydrogen-bond donors (Lipinski definition) is 0. The molecular weight excluding hydrogens is 350 g/mol. The molecule has 4 rings (SSSR count). The second kappa shape index (κ2) is 7.11. The number of aromatic nitrogens is 4. The summed E-state index contributed by atoms with van der Waals surface area (Å²) < 4.78 is 34.8. The molecule has 0 aliphatic carbocycles. The standard InChI is InChI=1S/C20H16F2N4O/c1-27-18-9-8-17(21)19(22)16(18)7-5-14-4-6-15(13-3-2-10-23-11-13)20-25-24-12-26(14)20/h2-4,6,8-12H,5,7H2,1H3. The minimum Gasteiger partial charge on any atom is -0.496 e. The van der Waals surface area contributed by atoms with Gasteiger partial charge in [0.05, 0.1) is 7.11 Å². The fourth-order valence-electron chi connectivity index (χ4n) is 3.17. The van der Waals surface area contributed by atoms with Crippen molar-refractivity contribution in [3.8, 4) is 16.9 Å². The number of nitrogens with zero attached hydrogens (tertiary/aromatic N) is 4. The highest BCUT2D eigenvalue weighted by molar-refractivity contribution is 5.76. The molecule has 0 bridgehead atoms. The van der Waals surface area contributed by atoms with Crippen molar-refractivity contribution in [2.75, 3.05) is 7.11 Å². The molecular formula is C20H16F2N4O. The van der Waals surface area contributed by atoms with E-state index >= 15 is 0 Å². The molecule has 0 fully saturated rings. The average Bonchev–Trinajstić information content (AvgIpc) is 3.19.